The molecule has 8 nitrogen and oxygen atoms in total. The highest BCUT2D eigenvalue weighted by molar-refractivity contribution is 6.18. The fourth-order valence-corrected chi connectivity index (χ4v) is 2.59. The lowest BCUT2D eigenvalue weighted by Gasteiger charge is -2.09. The van der Waals surface area contributed by atoms with Crippen LogP contribution in [0.2, 0.25) is 0 Å². The molecule has 0 aliphatic carbocycles. The molecule has 0 bridgehead atoms. The molecular weight excluding hydrogens is 340 g/mol. The summed E-state index contributed by atoms with van der Waals surface area (Å²) in [7, 11) is 1.78. The molecule has 0 saturated carbocycles. The minimum absolute atomic E-state index is 0.209. The van der Waals surface area contributed by atoms with Gasteiger partial charge >= 0.3 is 0 Å². The summed E-state index contributed by atoms with van der Waals surface area (Å²) in [5, 5.41) is 20.1. The molecular formula is C19H23N8+. The van der Waals surface area contributed by atoms with E-state index in [1.54, 1.807) is 25.6 Å². The van der Waals surface area contributed by atoms with Crippen molar-refractivity contribution < 1.29 is 5.41 Å². The van der Waals surface area contributed by atoms with Crippen molar-refractivity contribution in [1.29, 1.82) is 0 Å². The van der Waals surface area contributed by atoms with E-state index < -0.39 is 0 Å². The molecule has 138 valence electrons. The smallest absolute Gasteiger partial charge is 0.272 e. The maximum Gasteiger partial charge on any atom is 0.272 e. The fraction of sp³-hybridized carbons (Fsp3) is 0.211. The van der Waals surface area contributed by atoms with Crippen molar-refractivity contribution in [2.24, 2.45) is 5.73 Å². The Balaban J connectivity index is 1.95. The van der Waals surface area contributed by atoms with E-state index in [9.17, 15) is 0 Å². The summed E-state index contributed by atoms with van der Waals surface area (Å²) in [4.78, 5) is 9.07. The Bertz CT molecular complexity index is 1010. The molecule has 0 fully saturated rings. The molecule has 0 aliphatic rings. The Hall–Kier alpha value is -3.55. The summed E-state index contributed by atoms with van der Waals surface area (Å²) in [6.45, 7) is 4.22. The summed E-state index contributed by atoms with van der Waals surface area (Å²) in [6.07, 6.45) is 5.22. The number of nitrogens with one attached hydrogen (secondary N) is 2. The molecule has 0 atom stereocenters. The number of aromatic nitrogens is 4. The number of hydrogen-bond acceptors (Lipinski definition) is 6. The molecule has 0 amide bonds. The van der Waals surface area contributed by atoms with Crippen molar-refractivity contribution in [2.75, 3.05) is 12.4 Å². The SMILES string of the molecule is CN/C=C(\C(N)=[NH2+])c1cnc2ccc(Nc3cc(C(C)C)cnn3)nc2c1. The zero-order chi connectivity index (χ0) is 19.4. The predicted molar refractivity (Wildman–Crippen MR) is 107 cm³/mol. The van der Waals surface area contributed by atoms with Crippen LogP contribution in [-0.4, -0.2) is 33.0 Å². The highest BCUT2D eigenvalue weighted by Crippen LogP contribution is 2.21. The van der Waals surface area contributed by atoms with Crippen LogP contribution in [0.25, 0.3) is 16.6 Å². The van der Waals surface area contributed by atoms with Gasteiger partial charge in [-0.25, -0.2) is 4.98 Å². The van der Waals surface area contributed by atoms with Crippen LogP contribution in [0.3, 0.4) is 0 Å². The normalized spacial score (nSPS) is 11.6. The van der Waals surface area contributed by atoms with Crippen LogP contribution in [0, 0.1) is 0 Å². The van der Waals surface area contributed by atoms with Gasteiger partial charge in [0.05, 0.1) is 22.8 Å². The van der Waals surface area contributed by atoms with Gasteiger partial charge in [-0.2, -0.15) is 5.10 Å². The van der Waals surface area contributed by atoms with Crippen molar-refractivity contribution in [1.82, 2.24) is 25.5 Å². The third-order valence-electron chi connectivity index (χ3n) is 4.05. The van der Waals surface area contributed by atoms with E-state index in [1.807, 2.05) is 24.3 Å². The monoisotopic (exact) mass is 363 g/mol. The van der Waals surface area contributed by atoms with E-state index in [-0.39, 0.29) is 5.84 Å². The first-order valence-corrected chi connectivity index (χ1v) is 8.60. The first kappa shape index (κ1) is 18.2. The summed E-state index contributed by atoms with van der Waals surface area (Å²) in [5.41, 5.74) is 9.82. The van der Waals surface area contributed by atoms with Crippen LogP contribution in [-0.2, 0) is 0 Å². The quantitative estimate of drug-likeness (QED) is 0.379. The van der Waals surface area contributed by atoms with Crippen LogP contribution in [0.15, 0.2) is 42.9 Å². The van der Waals surface area contributed by atoms with Gasteiger partial charge in [-0.3, -0.25) is 16.1 Å². The average Bonchev–Trinajstić information content (AvgIpc) is 2.65. The van der Waals surface area contributed by atoms with Crippen molar-refractivity contribution in [3.63, 3.8) is 0 Å². The predicted octanol–water partition coefficient (Wildman–Crippen LogP) is 0.963. The van der Waals surface area contributed by atoms with Crippen molar-refractivity contribution in [2.45, 2.75) is 19.8 Å². The van der Waals surface area contributed by atoms with Gasteiger partial charge in [0, 0.05) is 25.0 Å². The van der Waals surface area contributed by atoms with E-state index in [2.05, 4.69) is 44.6 Å². The van der Waals surface area contributed by atoms with E-state index in [4.69, 9.17) is 11.1 Å². The molecule has 0 radical (unpaired) electrons. The van der Waals surface area contributed by atoms with Crippen LogP contribution in [0.4, 0.5) is 11.6 Å². The first-order valence-electron chi connectivity index (χ1n) is 8.60. The number of amidine groups is 1. The topological polar surface area (TPSA) is 127 Å². The van der Waals surface area contributed by atoms with E-state index >= 15 is 0 Å². The second kappa shape index (κ2) is 7.77. The molecule has 0 aromatic carbocycles. The maximum absolute atomic E-state index is 5.78. The van der Waals surface area contributed by atoms with E-state index in [0.717, 1.165) is 16.6 Å². The zero-order valence-corrected chi connectivity index (χ0v) is 15.6. The Morgan fingerprint density at radius 1 is 1.15 bits per heavy atom. The van der Waals surface area contributed by atoms with Gasteiger partial charge in [-0.1, -0.05) is 13.8 Å². The van der Waals surface area contributed by atoms with Crippen LogP contribution < -0.4 is 21.8 Å². The second-order valence-electron chi connectivity index (χ2n) is 6.41. The van der Waals surface area contributed by atoms with Gasteiger partial charge in [0.2, 0.25) is 0 Å². The average molecular weight is 363 g/mol. The van der Waals surface area contributed by atoms with Gasteiger partial charge in [-0.15, -0.1) is 5.10 Å². The van der Waals surface area contributed by atoms with Gasteiger partial charge < -0.3 is 10.6 Å². The molecule has 3 aromatic heterocycles. The minimum atomic E-state index is 0.209. The molecule has 6 N–H and O–H groups in total. The van der Waals surface area contributed by atoms with Gasteiger partial charge in [0.15, 0.2) is 5.82 Å². The van der Waals surface area contributed by atoms with Gasteiger partial charge in [-0.05, 0) is 35.7 Å². The van der Waals surface area contributed by atoms with Crippen molar-refractivity contribution in [3.05, 3.63) is 54.0 Å². The van der Waals surface area contributed by atoms with Crippen molar-refractivity contribution >= 4 is 34.1 Å². The van der Waals surface area contributed by atoms with Crippen LogP contribution >= 0.6 is 0 Å². The Morgan fingerprint density at radius 3 is 2.67 bits per heavy atom. The Labute approximate surface area is 157 Å². The lowest BCUT2D eigenvalue weighted by atomic mass is 10.1. The van der Waals surface area contributed by atoms with Crippen molar-refractivity contribution in [3.8, 4) is 0 Å². The molecule has 0 unspecified atom stereocenters. The molecule has 0 spiro atoms. The summed E-state index contributed by atoms with van der Waals surface area (Å²) in [6, 6.07) is 7.61. The third kappa shape index (κ3) is 4.17. The van der Waals surface area contributed by atoms with Crippen LogP contribution in [0.5, 0.6) is 0 Å². The maximum atomic E-state index is 5.78. The summed E-state index contributed by atoms with van der Waals surface area (Å²) in [5.74, 6) is 1.88. The van der Waals surface area contributed by atoms with Crippen LogP contribution in [0.1, 0.15) is 30.9 Å². The molecule has 3 heterocycles. The third-order valence-corrected chi connectivity index (χ3v) is 4.05. The summed E-state index contributed by atoms with van der Waals surface area (Å²) >= 11 is 0. The number of rotatable bonds is 6. The molecule has 27 heavy (non-hydrogen) atoms. The molecule has 3 aromatic rings. The second-order valence-corrected chi connectivity index (χ2v) is 6.41. The Morgan fingerprint density at radius 2 is 1.96 bits per heavy atom. The number of nitrogens with two attached hydrogens (primary N) is 2. The Kier molecular flexibility index (Phi) is 5.25. The zero-order valence-electron chi connectivity index (χ0n) is 15.6. The number of nitrogens with zero attached hydrogens (tertiary/aromatic N) is 4. The van der Waals surface area contributed by atoms with E-state index in [1.165, 1.54) is 0 Å². The lowest BCUT2D eigenvalue weighted by Crippen LogP contribution is -2.46. The highest BCUT2D eigenvalue weighted by atomic mass is 15.2. The van der Waals surface area contributed by atoms with E-state index in [0.29, 0.717) is 28.6 Å². The molecule has 0 aliphatic heterocycles. The largest absolute Gasteiger partial charge is 0.393 e. The summed E-state index contributed by atoms with van der Waals surface area (Å²) < 4.78 is 0. The highest BCUT2D eigenvalue weighted by Gasteiger charge is 2.12. The molecule has 8 heteroatoms. The first-order chi connectivity index (χ1) is 13.0. The standard InChI is InChI=1S/C19H22N8/c1-11(2)12-7-18(27-24-9-12)26-17-5-4-15-16(25-17)6-13(8-23-15)14(10-22-3)19(20)21/h4-11,22H,1-3H3,(H3,20,21)(H,25,26,27)/p+1/b14-10-. The number of hydrogen-bond donors (Lipinski definition) is 4. The number of pyridine rings is 2. The number of fused-ring (bicyclic) bond motifs is 1. The molecule has 3 rings (SSSR count). The minimum Gasteiger partial charge on any atom is -0.393 e. The molecule has 0 saturated heterocycles. The van der Waals surface area contributed by atoms with Gasteiger partial charge in [0.1, 0.15) is 5.82 Å². The number of anilines is 2. The fourth-order valence-electron chi connectivity index (χ4n) is 2.59. The lowest BCUT2D eigenvalue weighted by molar-refractivity contribution is -0.112. The van der Waals surface area contributed by atoms with Gasteiger partial charge in [0.25, 0.3) is 5.84 Å².